The Hall–Kier alpha value is -1.62. The molecular weight excluding hydrogens is 909 g/mol. The topological polar surface area (TPSA) is 133 Å². The van der Waals surface area contributed by atoms with Gasteiger partial charge in [-0.1, -0.05) is 100.0 Å². The van der Waals surface area contributed by atoms with E-state index in [1.54, 1.807) is 0 Å². The summed E-state index contributed by atoms with van der Waals surface area (Å²) >= 11 is 0. The fourth-order valence-corrected chi connectivity index (χ4v) is 20.4. The monoisotopic (exact) mass is 1000 g/mol. The van der Waals surface area contributed by atoms with Crippen molar-refractivity contribution in [2.45, 2.75) is 221 Å². The number of hydrogen-bond donors (Lipinski definition) is 4. The summed E-state index contributed by atoms with van der Waals surface area (Å²) in [7, 11) is 4.00. The molecule has 6 saturated carbocycles. The molecule has 0 radical (unpaired) electrons. The largest absolute Gasteiger partial charge is 0.392 e. The van der Waals surface area contributed by atoms with Gasteiger partial charge < -0.3 is 20.8 Å². The van der Waals surface area contributed by atoms with Crippen LogP contribution in [0.3, 0.4) is 0 Å². The van der Waals surface area contributed by atoms with Crippen LogP contribution in [0.4, 0.5) is 0 Å². The molecule has 0 saturated heterocycles. The summed E-state index contributed by atoms with van der Waals surface area (Å²) in [5.74, 6) is 8.16. The zero-order valence-corrected chi connectivity index (χ0v) is 46.3. The van der Waals surface area contributed by atoms with E-state index < -0.39 is 0 Å². The second kappa shape index (κ2) is 23.5. The first-order valence-electron chi connectivity index (χ1n) is 29.1. The molecule has 6 fully saturated rings. The molecule has 0 aromatic heterocycles. The van der Waals surface area contributed by atoms with Crippen molar-refractivity contribution in [3.05, 3.63) is 23.3 Å². The average molecular weight is 1010 g/mol. The minimum atomic E-state index is -0.338. The number of ketones is 2. The maximum Gasteiger partial charge on any atom is 0.220 e. The lowest BCUT2D eigenvalue weighted by atomic mass is 9.45. The van der Waals surface area contributed by atoms with E-state index in [1.807, 2.05) is 33.7 Å². The first kappa shape index (κ1) is 54.6. The molecule has 70 heavy (non-hydrogen) atoms. The van der Waals surface area contributed by atoms with E-state index in [1.165, 1.54) is 86.9 Å². The molecule has 4 N–H and O–H groups in total. The Morgan fingerprint density at radius 1 is 0.571 bits per heavy atom. The molecule has 0 spiro atoms. The lowest BCUT2D eigenvalue weighted by Gasteiger charge is -2.59. The van der Waals surface area contributed by atoms with E-state index in [0.29, 0.717) is 97.7 Å². The van der Waals surface area contributed by atoms with Gasteiger partial charge in [0.25, 0.3) is 0 Å². The highest BCUT2D eigenvalue weighted by Gasteiger charge is 2.63. The molecular formula is C60H96N2O6S2. The van der Waals surface area contributed by atoms with Crippen LogP contribution >= 0.6 is 21.6 Å². The predicted molar refractivity (Wildman–Crippen MR) is 288 cm³/mol. The molecule has 394 valence electrons. The minimum Gasteiger partial charge on any atom is -0.392 e. The van der Waals surface area contributed by atoms with E-state index in [2.05, 4.69) is 52.2 Å². The first-order chi connectivity index (χ1) is 33.5. The zero-order chi connectivity index (χ0) is 49.8. The first-order valence-corrected chi connectivity index (χ1v) is 31.6. The molecule has 8 nitrogen and oxygen atoms in total. The molecule has 16 atom stereocenters. The molecule has 0 aromatic rings. The Bertz CT molecular complexity index is 1790. The van der Waals surface area contributed by atoms with Gasteiger partial charge in [-0.2, -0.15) is 0 Å². The molecule has 10 heteroatoms. The van der Waals surface area contributed by atoms with Gasteiger partial charge >= 0.3 is 0 Å². The highest BCUT2D eigenvalue weighted by atomic mass is 33.1. The van der Waals surface area contributed by atoms with Crippen molar-refractivity contribution in [2.24, 2.45) is 80.8 Å². The Balaban J connectivity index is 0.600. The normalized spacial score (nSPS) is 39.5. The van der Waals surface area contributed by atoms with Crippen molar-refractivity contribution < 1.29 is 29.4 Å². The number of carbonyl (C=O) groups is 4. The molecule has 8 aliphatic carbocycles. The van der Waals surface area contributed by atoms with Gasteiger partial charge in [-0.15, -0.1) is 0 Å². The van der Waals surface area contributed by atoms with Gasteiger partial charge in [0.2, 0.25) is 11.8 Å². The van der Waals surface area contributed by atoms with Gasteiger partial charge in [-0.05, 0) is 209 Å². The summed E-state index contributed by atoms with van der Waals surface area (Å²) in [6, 6.07) is 0. The number of nitrogens with one attached hydrogen (secondary N) is 2. The van der Waals surface area contributed by atoms with E-state index in [0.717, 1.165) is 77.3 Å². The summed E-state index contributed by atoms with van der Waals surface area (Å²) in [4.78, 5) is 50.3. The highest BCUT2D eigenvalue weighted by molar-refractivity contribution is 8.76. The smallest absolute Gasteiger partial charge is 0.220 e. The van der Waals surface area contributed by atoms with Crippen molar-refractivity contribution in [1.29, 1.82) is 0 Å². The maximum absolute atomic E-state index is 12.9. The van der Waals surface area contributed by atoms with Gasteiger partial charge in [0.1, 0.15) is 0 Å². The molecule has 8 unspecified atom stereocenters. The molecule has 0 aromatic carbocycles. The van der Waals surface area contributed by atoms with Gasteiger partial charge in [0.15, 0.2) is 11.6 Å². The molecule has 8 aliphatic rings. The number of unbranched alkanes of at least 4 members (excludes halogenated alkanes) is 6. The third-order valence-corrected chi connectivity index (χ3v) is 24.8. The van der Waals surface area contributed by atoms with Gasteiger partial charge in [0, 0.05) is 50.3 Å². The second-order valence-corrected chi connectivity index (χ2v) is 28.6. The maximum atomic E-state index is 12.9. The number of amides is 2. The van der Waals surface area contributed by atoms with Crippen LogP contribution in [-0.4, -0.2) is 70.4 Å². The number of aliphatic hydroxyl groups excluding tert-OH is 2. The van der Waals surface area contributed by atoms with E-state index in [9.17, 15) is 29.4 Å². The standard InChI is InChI=1S/C60H96N2O6S2/c1-39(45-17-19-47-55-49(25-29-59(45,47)5)57(3)27-23-43(63)35-41(57)37-51(55)65)15-21-53(67)61-31-11-7-9-13-33-69-70-34-14-10-8-12-32-62-54(68)22-16-40(2)46-18-20-48-56-50(26-30-60(46,48)6)58(4)28-24-44(64)36-42(58)38-52(56)66/h35-36,39-40,45-52,55-56,65-66H,7-34,37-38H2,1-6H3,(H,61,67)(H,62,68)/t39-,40-,45?,46?,47?,48?,49?,50?,51-,52-,55?,56?,57+,58+,59-,60-/m1/s1. The fourth-order valence-electron chi connectivity index (χ4n) is 18.2. The van der Waals surface area contributed by atoms with Gasteiger partial charge in [-0.25, -0.2) is 0 Å². The molecule has 0 heterocycles. The van der Waals surface area contributed by atoms with Crippen LogP contribution in [-0.2, 0) is 19.2 Å². The molecule has 0 bridgehead atoms. The van der Waals surface area contributed by atoms with Crippen LogP contribution < -0.4 is 10.6 Å². The molecule has 8 rings (SSSR count). The average Bonchev–Trinajstić information content (AvgIpc) is 3.87. The van der Waals surface area contributed by atoms with Crippen molar-refractivity contribution in [3.8, 4) is 0 Å². The summed E-state index contributed by atoms with van der Waals surface area (Å²) < 4.78 is 0. The molecule has 2 amide bonds. The van der Waals surface area contributed by atoms with Crippen molar-refractivity contribution in [3.63, 3.8) is 0 Å². The fraction of sp³-hybridized carbons (Fsp3) is 0.867. The van der Waals surface area contributed by atoms with Crippen molar-refractivity contribution >= 4 is 45.0 Å². The summed E-state index contributed by atoms with van der Waals surface area (Å²) in [6.45, 7) is 16.1. The van der Waals surface area contributed by atoms with E-state index >= 15 is 0 Å². The lowest BCUT2D eigenvalue weighted by molar-refractivity contribution is -0.126. The second-order valence-electron chi connectivity index (χ2n) is 25.9. The lowest BCUT2D eigenvalue weighted by Crippen LogP contribution is -2.55. The van der Waals surface area contributed by atoms with Crippen LogP contribution in [0.2, 0.25) is 0 Å². The Kier molecular flexibility index (Phi) is 18.3. The number of rotatable bonds is 23. The summed E-state index contributed by atoms with van der Waals surface area (Å²) in [5, 5.41) is 29.5. The van der Waals surface area contributed by atoms with Crippen molar-refractivity contribution in [1.82, 2.24) is 10.6 Å². The van der Waals surface area contributed by atoms with Crippen LogP contribution in [0, 0.1) is 80.8 Å². The number of aliphatic hydroxyl groups is 2. The Morgan fingerprint density at radius 3 is 1.39 bits per heavy atom. The van der Waals surface area contributed by atoms with Gasteiger partial charge in [0.05, 0.1) is 12.2 Å². The number of hydrogen-bond acceptors (Lipinski definition) is 8. The quantitative estimate of drug-likeness (QED) is 0.0588. The van der Waals surface area contributed by atoms with Crippen LogP contribution in [0.15, 0.2) is 23.3 Å². The van der Waals surface area contributed by atoms with E-state index in [-0.39, 0.29) is 57.2 Å². The Morgan fingerprint density at radius 2 is 0.971 bits per heavy atom. The van der Waals surface area contributed by atoms with Gasteiger partial charge in [-0.3, -0.25) is 19.2 Å². The number of fused-ring (bicyclic) bond motifs is 10. The minimum absolute atomic E-state index is 0.0679. The summed E-state index contributed by atoms with van der Waals surface area (Å²) in [6.07, 6.45) is 29.6. The van der Waals surface area contributed by atoms with E-state index in [4.69, 9.17) is 0 Å². The zero-order valence-electron chi connectivity index (χ0n) is 44.6. The van der Waals surface area contributed by atoms with Crippen LogP contribution in [0.5, 0.6) is 0 Å². The van der Waals surface area contributed by atoms with Crippen LogP contribution in [0.25, 0.3) is 0 Å². The predicted octanol–water partition coefficient (Wildman–Crippen LogP) is 12.8. The third-order valence-electron chi connectivity index (χ3n) is 22.2. The molecule has 0 aliphatic heterocycles. The van der Waals surface area contributed by atoms with Crippen LogP contribution in [0.1, 0.15) is 208 Å². The van der Waals surface area contributed by atoms with Crippen molar-refractivity contribution in [2.75, 3.05) is 24.6 Å². The number of carbonyl (C=O) groups excluding carboxylic acids is 4. The Labute approximate surface area is 432 Å². The summed E-state index contributed by atoms with van der Waals surface area (Å²) in [5.41, 5.74) is 3.03. The highest BCUT2D eigenvalue weighted by Crippen LogP contribution is 2.69. The SMILES string of the molecule is C[C@H](CCC(=O)NCCCCCCSSCCCCCCNC(=O)CC[C@@H](C)C1CCC2C3C(CC[C@@]21C)[C@@]1(C)CCC(=O)C=C1C[C@H]3O)C1CCC2C3C(CC[C@@]21C)[C@@]1(C)CCC(=O)C=C1C[C@H]3O. The third kappa shape index (κ3) is 11.5.